The zero-order valence-electron chi connectivity index (χ0n) is 10.8. The van der Waals surface area contributed by atoms with Crippen LogP contribution in [0.15, 0.2) is 18.2 Å². The summed E-state index contributed by atoms with van der Waals surface area (Å²) in [6.45, 7) is 5.61. The molecule has 2 N–H and O–H groups in total. The Hall–Kier alpha value is -1.49. The minimum atomic E-state index is -0.567. The molecule has 100 valence electrons. The Kier molecular flexibility index (Phi) is 5.22. The third-order valence-electron chi connectivity index (χ3n) is 2.47. The molecule has 0 saturated carbocycles. The summed E-state index contributed by atoms with van der Waals surface area (Å²) in [6, 6.07) is 2.82. The smallest absolute Gasteiger partial charge is 0.234 e. The van der Waals surface area contributed by atoms with Gasteiger partial charge in [0.25, 0.3) is 0 Å². The predicted molar refractivity (Wildman–Crippen MR) is 66.1 cm³/mol. The lowest BCUT2D eigenvalue weighted by Crippen LogP contribution is -2.38. The molecule has 0 bridgehead atoms. The summed E-state index contributed by atoms with van der Waals surface area (Å²) in [5.41, 5.74) is 0.146. The van der Waals surface area contributed by atoms with Gasteiger partial charge in [-0.1, -0.05) is 13.8 Å². The van der Waals surface area contributed by atoms with Crippen LogP contribution < -0.4 is 10.6 Å². The summed E-state index contributed by atoms with van der Waals surface area (Å²) in [5.74, 6) is -1.30. The molecule has 0 aromatic heterocycles. The Morgan fingerprint density at radius 2 is 1.94 bits per heavy atom. The van der Waals surface area contributed by atoms with Gasteiger partial charge in [0.15, 0.2) is 0 Å². The topological polar surface area (TPSA) is 41.1 Å². The standard InChI is InChI=1S/C13H18F2N2O/c1-8(2)16-7-13(18)17-9(3)11-6-10(14)4-5-12(11)15/h4-6,8-9,16H,7H2,1-3H3,(H,17,18). The van der Waals surface area contributed by atoms with Gasteiger partial charge in [0.2, 0.25) is 5.91 Å². The first kappa shape index (κ1) is 14.6. The highest BCUT2D eigenvalue weighted by Crippen LogP contribution is 2.17. The minimum absolute atomic E-state index is 0.146. The van der Waals surface area contributed by atoms with Gasteiger partial charge in [-0.15, -0.1) is 0 Å². The lowest BCUT2D eigenvalue weighted by Gasteiger charge is -2.16. The van der Waals surface area contributed by atoms with Crippen molar-refractivity contribution in [3.8, 4) is 0 Å². The molecule has 0 aliphatic carbocycles. The molecule has 0 spiro atoms. The van der Waals surface area contributed by atoms with Crippen molar-refractivity contribution in [2.45, 2.75) is 32.9 Å². The number of nitrogens with one attached hydrogen (secondary N) is 2. The molecule has 1 unspecified atom stereocenters. The van der Waals surface area contributed by atoms with Crippen LogP contribution in [0.4, 0.5) is 8.78 Å². The molecule has 1 amide bonds. The summed E-state index contributed by atoms with van der Waals surface area (Å²) < 4.78 is 26.5. The van der Waals surface area contributed by atoms with Gasteiger partial charge in [0, 0.05) is 11.6 Å². The monoisotopic (exact) mass is 256 g/mol. The van der Waals surface area contributed by atoms with Crippen molar-refractivity contribution < 1.29 is 13.6 Å². The molecule has 0 heterocycles. The summed E-state index contributed by atoms with van der Waals surface area (Å²) in [6.07, 6.45) is 0. The second-order valence-electron chi connectivity index (χ2n) is 4.49. The second-order valence-corrected chi connectivity index (χ2v) is 4.49. The van der Waals surface area contributed by atoms with E-state index in [-0.39, 0.29) is 24.1 Å². The van der Waals surface area contributed by atoms with E-state index >= 15 is 0 Å². The van der Waals surface area contributed by atoms with Gasteiger partial charge < -0.3 is 10.6 Å². The second kappa shape index (κ2) is 6.44. The van der Waals surface area contributed by atoms with Crippen LogP contribution in [-0.2, 0) is 4.79 Å². The number of benzene rings is 1. The number of rotatable bonds is 5. The largest absolute Gasteiger partial charge is 0.348 e. The van der Waals surface area contributed by atoms with Crippen molar-refractivity contribution in [2.24, 2.45) is 0 Å². The first-order valence-corrected chi connectivity index (χ1v) is 5.88. The number of hydrogen-bond acceptors (Lipinski definition) is 2. The van der Waals surface area contributed by atoms with Gasteiger partial charge in [-0.05, 0) is 25.1 Å². The summed E-state index contributed by atoms with van der Waals surface area (Å²) >= 11 is 0. The normalized spacial score (nSPS) is 12.6. The molecule has 1 rings (SSSR count). The molecule has 1 aromatic carbocycles. The highest BCUT2D eigenvalue weighted by Gasteiger charge is 2.14. The first-order chi connectivity index (χ1) is 8.40. The highest BCUT2D eigenvalue weighted by atomic mass is 19.1. The maximum absolute atomic E-state index is 13.5. The SMILES string of the molecule is CC(C)NCC(=O)NC(C)c1cc(F)ccc1F. The zero-order chi connectivity index (χ0) is 13.7. The molecule has 0 radical (unpaired) electrons. The van der Waals surface area contributed by atoms with Crippen molar-refractivity contribution in [1.29, 1.82) is 0 Å². The van der Waals surface area contributed by atoms with Crippen LogP contribution in [0.1, 0.15) is 32.4 Å². The Bertz CT molecular complexity index is 421. The Balaban J connectivity index is 2.62. The van der Waals surface area contributed by atoms with Crippen LogP contribution in [0.25, 0.3) is 0 Å². The van der Waals surface area contributed by atoms with Gasteiger partial charge in [-0.2, -0.15) is 0 Å². The van der Waals surface area contributed by atoms with E-state index in [0.717, 1.165) is 18.2 Å². The molecule has 0 aliphatic heterocycles. The van der Waals surface area contributed by atoms with E-state index in [1.807, 2.05) is 13.8 Å². The highest BCUT2D eigenvalue weighted by molar-refractivity contribution is 5.78. The average molecular weight is 256 g/mol. The maximum Gasteiger partial charge on any atom is 0.234 e. The van der Waals surface area contributed by atoms with E-state index in [1.165, 1.54) is 0 Å². The van der Waals surface area contributed by atoms with Crippen LogP contribution in [-0.4, -0.2) is 18.5 Å². The van der Waals surface area contributed by atoms with Crippen LogP contribution in [0.5, 0.6) is 0 Å². The number of hydrogen-bond donors (Lipinski definition) is 2. The van der Waals surface area contributed by atoms with Crippen molar-refractivity contribution in [1.82, 2.24) is 10.6 Å². The molecule has 1 aromatic rings. The third kappa shape index (κ3) is 4.41. The van der Waals surface area contributed by atoms with E-state index in [9.17, 15) is 13.6 Å². The fourth-order valence-corrected chi connectivity index (χ4v) is 1.51. The van der Waals surface area contributed by atoms with Crippen molar-refractivity contribution >= 4 is 5.91 Å². The molecule has 0 saturated heterocycles. The van der Waals surface area contributed by atoms with Crippen LogP contribution in [0, 0.1) is 11.6 Å². The van der Waals surface area contributed by atoms with Crippen molar-refractivity contribution in [3.63, 3.8) is 0 Å². The van der Waals surface area contributed by atoms with Crippen LogP contribution in [0.3, 0.4) is 0 Å². The van der Waals surface area contributed by atoms with Crippen molar-refractivity contribution in [3.05, 3.63) is 35.4 Å². The zero-order valence-corrected chi connectivity index (χ0v) is 10.8. The molecule has 3 nitrogen and oxygen atoms in total. The molecule has 5 heteroatoms. The van der Waals surface area contributed by atoms with Gasteiger partial charge in [-0.3, -0.25) is 4.79 Å². The Morgan fingerprint density at radius 1 is 1.28 bits per heavy atom. The van der Waals surface area contributed by atoms with E-state index < -0.39 is 17.7 Å². The Morgan fingerprint density at radius 3 is 2.56 bits per heavy atom. The van der Waals surface area contributed by atoms with Crippen LogP contribution >= 0.6 is 0 Å². The lowest BCUT2D eigenvalue weighted by atomic mass is 10.1. The molecular weight excluding hydrogens is 238 g/mol. The van der Waals surface area contributed by atoms with Crippen molar-refractivity contribution in [2.75, 3.05) is 6.54 Å². The molecule has 18 heavy (non-hydrogen) atoms. The van der Waals surface area contributed by atoms with Gasteiger partial charge in [-0.25, -0.2) is 8.78 Å². The number of carbonyl (C=O) groups is 1. The van der Waals surface area contributed by atoms with Gasteiger partial charge >= 0.3 is 0 Å². The van der Waals surface area contributed by atoms with E-state index in [0.29, 0.717) is 0 Å². The maximum atomic E-state index is 13.5. The third-order valence-corrected chi connectivity index (χ3v) is 2.47. The molecule has 1 atom stereocenters. The van der Waals surface area contributed by atoms with Gasteiger partial charge in [0.05, 0.1) is 12.6 Å². The Labute approximate surface area is 106 Å². The summed E-state index contributed by atoms with van der Waals surface area (Å²) in [4.78, 5) is 11.5. The summed E-state index contributed by atoms with van der Waals surface area (Å²) in [5, 5.41) is 5.56. The average Bonchev–Trinajstić information content (AvgIpc) is 2.29. The molecule has 0 fully saturated rings. The predicted octanol–water partition coefficient (Wildman–Crippen LogP) is 2.14. The van der Waals surface area contributed by atoms with E-state index in [2.05, 4.69) is 10.6 Å². The first-order valence-electron chi connectivity index (χ1n) is 5.88. The van der Waals surface area contributed by atoms with Crippen LogP contribution in [0.2, 0.25) is 0 Å². The quantitative estimate of drug-likeness (QED) is 0.847. The van der Waals surface area contributed by atoms with E-state index in [1.54, 1.807) is 6.92 Å². The lowest BCUT2D eigenvalue weighted by molar-refractivity contribution is -0.121. The van der Waals surface area contributed by atoms with E-state index in [4.69, 9.17) is 0 Å². The molecule has 0 aliphatic rings. The number of carbonyl (C=O) groups excluding carboxylic acids is 1. The fourth-order valence-electron chi connectivity index (χ4n) is 1.51. The number of halogens is 2. The number of amides is 1. The fraction of sp³-hybridized carbons (Fsp3) is 0.462. The summed E-state index contributed by atoms with van der Waals surface area (Å²) in [7, 11) is 0. The molecular formula is C13H18F2N2O. The minimum Gasteiger partial charge on any atom is -0.348 e. The van der Waals surface area contributed by atoms with Gasteiger partial charge in [0.1, 0.15) is 11.6 Å².